The molecule has 1 saturated heterocycles. The normalized spacial score (nSPS) is 26.6. The molecule has 2 aliphatic heterocycles. The van der Waals surface area contributed by atoms with Crippen molar-refractivity contribution in [2.75, 3.05) is 31.1 Å². The van der Waals surface area contributed by atoms with Gasteiger partial charge in [0.05, 0.1) is 17.7 Å². The first-order valence-electron chi connectivity index (χ1n) is 5.96. The Morgan fingerprint density at radius 2 is 2.31 bits per heavy atom. The Morgan fingerprint density at radius 1 is 1.44 bits per heavy atom. The molecule has 0 radical (unpaired) electrons. The number of aromatic amines is 1. The summed E-state index contributed by atoms with van der Waals surface area (Å²) in [5.74, 6) is 2.58. The lowest BCUT2D eigenvalue weighted by molar-refractivity contribution is 0.255. The molecule has 1 aromatic rings. The van der Waals surface area contributed by atoms with Gasteiger partial charge in [-0.3, -0.25) is 0 Å². The number of hydrogen-bond donors (Lipinski definition) is 2. The number of hydrogen-bond acceptors (Lipinski definition) is 4. The summed E-state index contributed by atoms with van der Waals surface area (Å²) in [5.41, 5.74) is 2.53. The van der Waals surface area contributed by atoms with Crippen molar-refractivity contribution in [2.45, 2.75) is 19.0 Å². The molecule has 4 nitrogen and oxygen atoms in total. The van der Waals surface area contributed by atoms with Gasteiger partial charge in [-0.25, -0.2) is 4.98 Å². The second-order valence-electron chi connectivity index (χ2n) is 4.52. The molecule has 1 atom stereocenters. The van der Waals surface area contributed by atoms with Crippen LogP contribution in [-0.4, -0.2) is 52.0 Å². The van der Waals surface area contributed by atoms with Gasteiger partial charge in [-0.05, 0) is 0 Å². The first-order chi connectivity index (χ1) is 7.92. The summed E-state index contributed by atoms with van der Waals surface area (Å²) in [6, 6.07) is 0.582. The van der Waals surface area contributed by atoms with Crippen molar-refractivity contribution in [1.29, 1.82) is 0 Å². The summed E-state index contributed by atoms with van der Waals surface area (Å²) >= 11 is 2.07. The van der Waals surface area contributed by atoms with Crippen LogP contribution in [0.2, 0.25) is 0 Å². The zero-order valence-corrected chi connectivity index (χ0v) is 10.2. The molecule has 5 heteroatoms. The second kappa shape index (κ2) is 4.77. The number of nitrogens with zero attached hydrogens (tertiary/aromatic N) is 2. The van der Waals surface area contributed by atoms with Crippen LogP contribution in [0.25, 0.3) is 0 Å². The van der Waals surface area contributed by atoms with Crippen LogP contribution in [0.1, 0.15) is 11.4 Å². The highest BCUT2D eigenvalue weighted by Gasteiger charge is 2.22. The van der Waals surface area contributed by atoms with Crippen molar-refractivity contribution in [3.63, 3.8) is 0 Å². The van der Waals surface area contributed by atoms with Crippen LogP contribution in [0.15, 0.2) is 6.33 Å². The van der Waals surface area contributed by atoms with Gasteiger partial charge in [0, 0.05) is 50.1 Å². The number of nitrogens with one attached hydrogen (secondary N) is 2. The van der Waals surface area contributed by atoms with Crippen LogP contribution in [0.4, 0.5) is 0 Å². The van der Waals surface area contributed by atoms with Crippen molar-refractivity contribution in [1.82, 2.24) is 20.2 Å². The van der Waals surface area contributed by atoms with Gasteiger partial charge in [-0.15, -0.1) is 0 Å². The van der Waals surface area contributed by atoms with Gasteiger partial charge >= 0.3 is 0 Å². The molecule has 16 heavy (non-hydrogen) atoms. The van der Waals surface area contributed by atoms with E-state index < -0.39 is 0 Å². The molecule has 0 bridgehead atoms. The maximum atomic E-state index is 4.38. The molecule has 88 valence electrons. The molecule has 1 unspecified atom stereocenters. The Morgan fingerprint density at radius 3 is 3.19 bits per heavy atom. The van der Waals surface area contributed by atoms with Crippen molar-refractivity contribution >= 4 is 11.8 Å². The fourth-order valence-corrected chi connectivity index (χ4v) is 3.43. The Labute approximate surface area is 100 Å². The third kappa shape index (κ3) is 2.26. The van der Waals surface area contributed by atoms with E-state index in [1.807, 2.05) is 6.33 Å². The van der Waals surface area contributed by atoms with Crippen LogP contribution in [0.3, 0.4) is 0 Å². The lowest BCUT2D eigenvalue weighted by Gasteiger charge is -2.32. The molecule has 3 heterocycles. The van der Waals surface area contributed by atoms with E-state index in [1.165, 1.54) is 42.5 Å². The Kier molecular flexibility index (Phi) is 3.17. The number of H-pyrrole nitrogens is 1. The van der Waals surface area contributed by atoms with Crippen molar-refractivity contribution < 1.29 is 0 Å². The fourth-order valence-electron chi connectivity index (χ4n) is 2.45. The largest absolute Gasteiger partial charge is 0.347 e. The van der Waals surface area contributed by atoms with Gasteiger partial charge in [0.1, 0.15) is 0 Å². The lowest BCUT2D eigenvalue weighted by atomic mass is 10.1. The molecule has 2 N–H and O–H groups in total. The molecular formula is C11H18N4S. The fraction of sp³-hybridized carbons (Fsp3) is 0.727. The highest BCUT2D eigenvalue weighted by Crippen LogP contribution is 2.15. The van der Waals surface area contributed by atoms with E-state index >= 15 is 0 Å². The summed E-state index contributed by atoms with van der Waals surface area (Å²) in [4.78, 5) is 10.1. The standard InChI is InChI=1S/C11H18N4S/c1-3-16-4-2-15(1)7-9-5-10-11(6-12-9)14-8-13-10/h8-9,12H,1-7H2,(H,13,14). The number of aromatic nitrogens is 2. The highest BCUT2D eigenvalue weighted by molar-refractivity contribution is 7.99. The average molecular weight is 238 g/mol. The third-order valence-electron chi connectivity index (χ3n) is 3.40. The van der Waals surface area contributed by atoms with Crippen molar-refractivity contribution in [2.24, 2.45) is 0 Å². The molecule has 0 aliphatic carbocycles. The molecule has 1 aromatic heterocycles. The SMILES string of the molecule is c1nc2c([nH]1)CNC(CN1CCSCC1)C2. The number of thioether (sulfide) groups is 1. The van der Waals surface area contributed by atoms with E-state index in [9.17, 15) is 0 Å². The van der Waals surface area contributed by atoms with Crippen LogP contribution < -0.4 is 5.32 Å². The Bertz CT molecular complexity index is 346. The number of imidazole rings is 1. The van der Waals surface area contributed by atoms with Crippen molar-refractivity contribution in [3.05, 3.63) is 17.7 Å². The summed E-state index contributed by atoms with van der Waals surface area (Å²) in [7, 11) is 0. The van der Waals surface area contributed by atoms with E-state index in [0.717, 1.165) is 13.0 Å². The Hall–Kier alpha value is -0.520. The molecule has 1 fully saturated rings. The quantitative estimate of drug-likeness (QED) is 0.786. The van der Waals surface area contributed by atoms with Gasteiger partial charge in [-0.2, -0.15) is 11.8 Å². The van der Waals surface area contributed by atoms with Crippen LogP contribution >= 0.6 is 11.8 Å². The average Bonchev–Trinajstić information content (AvgIpc) is 2.77. The van der Waals surface area contributed by atoms with E-state index in [2.05, 4.69) is 31.9 Å². The molecule has 0 saturated carbocycles. The van der Waals surface area contributed by atoms with E-state index in [-0.39, 0.29) is 0 Å². The van der Waals surface area contributed by atoms with Gasteiger partial charge in [0.2, 0.25) is 0 Å². The minimum absolute atomic E-state index is 0.582. The Balaban J connectivity index is 1.57. The van der Waals surface area contributed by atoms with Crippen LogP contribution in [0.5, 0.6) is 0 Å². The van der Waals surface area contributed by atoms with Crippen molar-refractivity contribution in [3.8, 4) is 0 Å². The number of rotatable bonds is 2. The summed E-state index contributed by atoms with van der Waals surface area (Å²) < 4.78 is 0. The summed E-state index contributed by atoms with van der Waals surface area (Å²) in [6.07, 6.45) is 2.88. The first-order valence-corrected chi connectivity index (χ1v) is 7.12. The third-order valence-corrected chi connectivity index (χ3v) is 4.34. The minimum atomic E-state index is 0.582. The zero-order valence-electron chi connectivity index (χ0n) is 9.41. The maximum absolute atomic E-state index is 4.38. The first kappa shape index (κ1) is 10.6. The summed E-state index contributed by atoms with van der Waals surface area (Å²) in [5, 5.41) is 3.59. The van der Waals surface area contributed by atoms with Gasteiger partial charge in [-0.1, -0.05) is 0 Å². The topological polar surface area (TPSA) is 44.0 Å². The van der Waals surface area contributed by atoms with Gasteiger partial charge < -0.3 is 15.2 Å². The van der Waals surface area contributed by atoms with Crippen LogP contribution in [0, 0.1) is 0 Å². The van der Waals surface area contributed by atoms with E-state index in [1.54, 1.807) is 0 Å². The molecule has 2 aliphatic rings. The zero-order chi connectivity index (χ0) is 10.8. The maximum Gasteiger partial charge on any atom is 0.0925 e. The predicted octanol–water partition coefficient (Wildman–Crippen LogP) is 0.473. The minimum Gasteiger partial charge on any atom is -0.347 e. The lowest BCUT2D eigenvalue weighted by Crippen LogP contribution is -2.47. The van der Waals surface area contributed by atoms with E-state index in [4.69, 9.17) is 0 Å². The molecule has 3 rings (SSSR count). The highest BCUT2D eigenvalue weighted by atomic mass is 32.2. The monoisotopic (exact) mass is 238 g/mol. The van der Waals surface area contributed by atoms with Crippen LogP contribution in [-0.2, 0) is 13.0 Å². The molecule has 0 amide bonds. The van der Waals surface area contributed by atoms with E-state index in [0.29, 0.717) is 6.04 Å². The summed E-state index contributed by atoms with van der Waals surface area (Å²) in [6.45, 7) is 4.61. The second-order valence-corrected chi connectivity index (χ2v) is 5.75. The van der Waals surface area contributed by atoms with Gasteiger partial charge in [0.15, 0.2) is 0 Å². The smallest absolute Gasteiger partial charge is 0.0925 e. The number of fused-ring (bicyclic) bond motifs is 1. The molecule has 0 spiro atoms. The molecular weight excluding hydrogens is 220 g/mol. The van der Waals surface area contributed by atoms with Gasteiger partial charge in [0.25, 0.3) is 0 Å². The predicted molar refractivity (Wildman–Crippen MR) is 66.7 cm³/mol. The molecule has 0 aromatic carbocycles.